The third kappa shape index (κ3) is 5.41. The van der Waals surface area contributed by atoms with E-state index in [0.29, 0.717) is 5.69 Å². The Balaban J connectivity index is 2.77. The van der Waals surface area contributed by atoms with Gasteiger partial charge in [-0.15, -0.1) is 0 Å². The molecule has 19 heavy (non-hydrogen) atoms. The number of rotatable bonds is 5. The molecule has 0 fully saturated rings. The maximum absolute atomic E-state index is 12.6. The second-order valence-corrected chi connectivity index (χ2v) is 3.52. The van der Waals surface area contributed by atoms with Crippen LogP contribution in [0.5, 0.6) is 0 Å². The predicted molar refractivity (Wildman–Crippen MR) is 64.8 cm³/mol. The lowest BCUT2D eigenvalue weighted by atomic mass is 10.2. The fourth-order valence-corrected chi connectivity index (χ4v) is 1.20. The zero-order valence-corrected chi connectivity index (χ0v) is 10.2. The first-order valence-corrected chi connectivity index (χ1v) is 5.54. The smallest absolute Gasteiger partial charge is 0.431 e. The summed E-state index contributed by atoms with van der Waals surface area (Å²) in [5.41, 5.74) is 1.43. The van der Waals surface area contributed by atoms with Gasteiger partial charge in [0.2, 0.25) is 0 Å². The summed E-state index contributed by atoms with van der Waals surface area (Å²) in [7, 11) is 0. The minimum Gasteiger partial charge on any atom is -0.466 e. The molecule has 1 rings (SSSR count). The first kappa shape index (κ1) is 15.0. The second kappa shape index (κ2) is 6.77. The highest BCUT2D eigenvalue weighted by Gasteiger charge is 2.37. The molecule has 104 valence electrons. The number of nitrogens with one attached hydrogen (secondary N) is 1. The quantitative estimate of drug-likeness (QED) is 0.510. The molecule has 1 aromatic rings. The van der Waals surface area contributed by atoms with Crippen molar-refractivity contribution in [2.75, 3.05) is 12.0 Å². The first-order chi connectivity index (χ1) is 8.93. The third-order valence-electron chi connectivity index (χ3n) is 2.04. The highest BCUT2D eigenvalue weighted by atomic mass is 19.4. The number of halogens is 3. The molecule has 4 nitrogen and oxygen atoms in total. The molecule has 0 unspecified atom stereocenters. The lowest BCUT2D eigenvalue weighted by Crippen LogP contribution is -2.27. The summed E-state index contributed by atoms with van der Waals surface area (Å²) >= 11 is 0. The average molecular weight is 274 g/mol. The van der Waals surface area contributed by atoms with E-state index in [1.807, 2.05) is 0 Å². The van der Waals surface area contributed by atoms with Gasteiger partial charge >= 0.3 is 12.1 Å². The second-order valence-electron chi connectivity index (χ2n) is 3.52. The standard InChI is InChI=1S/C12H13F3N2O2/c1-2-19-11(18)8-10(12(13,14)15)17-16-9-6-4-3-5-7-9/h3-7,16H,2,8H2,1H3/b17-10-. The normalized spacial score (nSPS) is 12.1. The fraction of sp³-hybridized carbons (Fsp3) is 0.333. The SMILES string of the molecule is CCOC(=O)C/C(=N/Nc1ccccc1)C(F)(F)F. The van der Waals surface area contributed by atoms with Crippen LogP contribution in [0, 0.1) is 0 Å². The molecule has 0 spiro atoms. The van der Waals surface area contributed by atoms with Crippen LogP contribution in [0.15, 0.2) is 35.4 Å². The molecule has 0 atom stereocenters. The summed E-state index contributed by atoms with van der Waals surface area (Å²) in [6.07, 6.45) is -5.61. The number of carbonyl (C=O) groups is 1. The van der Waals surface area contributed by atoms with Crippen LogP contribution in [0.1, 0.15) is 13.3 Å². The Kier molecular flexibility index (Phi) is 5.35. The van der Waals surface area contributed by atoms with E-state index in [9.17, 15) is 18.0 Å². The van der Waals surface area contributed by atoms with Gasteiger partial charge in [0.1, 0.15) is 0 Å². The van der Waals surface area contributed by atoms with E-state index in [4.69, 9.17) is 0 Å². The first-order valence-electron chi connectivity index (χ1n) is 5.54. The maximum Gasteiger partial charge on any atom is 0.431 e. The molecule has 0 aliphatic carbocycles. The van der Waals surface area contributed by atoms with Crippen molar-refractivity contribution >= 4 is 17.4 Å². The lowest BCUT2D eigenvalue weighted by Gasteiger charge is -2.10. The summed E-state index contributed by atoms with van der Waals surface area (Å²) < 4.78 is 42.4. The van der Waals surface area contributed by atoms with Gasteiger partial charge in [-0.05, 0) is 19.1 Å². The van der Waals surface area contributed by atoms with Crippen molar-refractivity contribution in [1.29, 1.82) is 0 Å². The van der Waals surface area contributed by atoms with Crippen LogP contribution >= 0.6 is 0 Å². The fourth-order valence-electron chi connectivity index (χ4n) is 1.20. The number of carbonyl (C=O) groups excluding carboxylic acids is 1. The number of anilines is 1. The Morgan fingerprint density at radius 2 is 1.95 bits per heavy atom. The van der Waals surface area contributed by atoms with E-state index in [2.05, 4.69) is 15.3 Å². The Morgan fingerprint density at radius 1 is 1.32 bits per heavy atom. The Morgan fingerprint density at radius 3 is 2.47 bits per heavy atom. The summed E-state index contributed by atoms with van der Waals surface area (Å²) in [5, 5.41) is 3.23. The molecule has 0 heterocycles. The van der Waals surface area contributed by atoms with E-state index >= 15 is 0 Å². The molecule has 7 heteroatoms. The van der Waals surface area contributed by atoms with Gasteiger partial charge in [-0.25, -0.2) is 0 Å². The van der Waals surface area contributed by atoms with Crippen molar-refractivity contribution in [3.05, 3.63) is 30.3 Å². The Hall–Kier alpha value is -2.05. The van der Waals surface area contributed by atoms with E-state index in [-0.39, 0.29) is 6.61 Å². The van der Waals surface area contributed by atoms with Crippen LogP contribution in [0.4, 0.5) is 18.9 Å². The van der Waals surface area contributed by atoms with Crippen LogP contribution in [0.2, 0.25) is 0 Å². The molecule has 1 N–H and O–H groups in total. The summed E-state index contributed by atoms with van der Waals surface area (Å²) in [6.45, 7) is 1.54. The number of para-hydroxylation sites is 1. The zero-order valence-electron chi connectivity index (χ0n) is 10.2. The van der Waals surface area contributed by atoms with E-state index in [1.165, 1.54) is 6.92 Å². The molecule has 0 saturated carbocycles. The van der Waals surface area contributed by atoms with Gasteiger partial charge in [-0.2, -0.15) is 18.3 Å². The summed E-state index contributed by atoms with van der Waals surface area (Å²) in [5.74, 6) is -0.964. The van der Waals surface area contributed by atoms with Crippen molar-refractivity contribution in [1.82, 2.24) is 0 Å². The topological polar surface area (TPSA) is 50.7 Å². The van der Waals surface area contributed by atoms with Crippen molar-refractivity contribution in [2.45, 2.75) is 19.5 Å². The molecular formula is C12H13F3N2O2. The van der Waals surface area contributed by atoms with Crippen LogP contribution in [-0.2, 0) is 9.53 Å². The minimum absolute atomic E-state index is 0.0239. The molecule has 0 aliphatic rings. The van der Waals surface area contributed by atoms with Crippen LogP contribution < -0.4 is 5.43 Å². The van der Waals surface area contributed by atoms with Gasteiger partial charge in [0, 0.05) is 0 Å². The summed E-state index contributed by atoms with van der Waals surface area (Å²) in [6, 6.07) is 8.13. The van der Waals surface area contributed by atoms with E-state index in [1.54, 1.807) is 30.3 Å². The van der Waals surface area contributed by atoms with Gasteiger partial charge in [-0.1, -0.05) is 18.2 Å². The number of benzene rings is 1. The maximum atomic E-state index is 12.6. The minimum atomic E-state index is -4.69. The van der Waals surface area contributed by atoms with Crippen molar-refractivity contribution in [3.63, 3.8) is 0 Å². The molecule has 0 saturated heterocycles. The number of hydrazone groups is 1. The Bertz CT molecular complexity index is 444. The van der Waals surface area contributed by atoms with Gasteiger partial charge in [0.15, 0.2) is 5.71 Å². The van der Waals surface area contributed by atoms with Crippen molar-refractivity contribution in [3.8, 4) is 0 Å². The van der Waals surface area contributed by atoms with Crippen molar-refractivity contribution in [2.24, 2.45) is 5.10 Å². The summed E-state index contributed by atoms with van der Waals surface area (Å²) in [4.78, 5) is 11.1. The van der Waals surface area contributed by atoms with Crippen molar-refractivity contribution < 1.29 is 22.7 Å². The number of alkyl halides is 3. The monoisotopic (exact) mass is 274 g/mol. The third-order valence-corrected chi connectivity index (χ3v) is 2.04. The highest BCUT2D eigenvalue weighted by Crippen LogP contribution is 2.20. The average Bonchev–Trinajstić information content (AvgIpc) is 2.34. The highest BCUT2D eigenvalue weighted by molar-refractivity contribution is 6.02. The van der Waals surface area contributed by atoms with Gasteiger partial charge in [-0.3, -0.25) is 10.2 Å². The van der Waals surface area contributed by atoms with Gasteiger partial charge < -0.3 is 4.74 Å². The lowest BCUT2D eigenvalue weighted by molar-refractivity contribution is -0.142. The molecular weight excluding hydrogens is 261 g/mol. The number of hydrogen-bond donors (Lipinski definition) is 1. The molecule has 0 aromatic heterocycles. The van der Waals surface area contributed by atoms with E-state index in [0.717, 1.165) is 0 Å². The van der Waals surface area contributed by atoms with E-state index < -0.39 is 24.3 Å². The van der Waals surface area contributed by atoms with Crippen LogP contribution in [0.3, 0.4) is 0 Å². The molecule has 0 amide bonds. The molecule has 0 aliphatic heterocycles. The molecule has 1 aromatic carbocycles. The predicted octanol–water partition coefficient (Wildman–Crippen LogP) is 2.97. The van der Waals surface area contributed by atoms with Gasteiger partial charge in [0.25, 0.3) is 0 Å². The Labute approximate surface area is 108 Å². The number of hydrogen-bond acceptors (Lipinski definition) is 4. The largest absolute Gasteiger partial charge is 0.466 e. The molecule has 0 bridgehead atoms. The zero-order chi connectivity index (χ0) is 14.3. The number of esters is 1. The number of nitrogens with zero attached hydrogens (tertiary/aromatic N) is 1. The van der Waals surface area contributed by atoms with Crippen LogP contribution in [-0.4, -0.2) is 24.5 Å². The van der Waals surface area contributed by atoms with Crippen LogP contribution in [0.25, 0.3) is 0 Å². The molecule has 0 radical (unpaired) electrons. The van der Waals surface area contributed by atoms with Gasteiger partial charge in [0.05, 0.1) is 18.7 Å². The number of ether oxygens (including phenoxy) is 1.